The molecule has 11 nitrogen and oxygen atoms in total. The summed E-state index contributed by atoms with van der Waals surface area (Å²) in [6.45, 7) is 9.34. The van der Waals surface area contributed by atoms with Gasteiger partial charge in [0.2, 0.25) is 0 Å². The van der Waals surface area contributed by atoms with Crippen LogP contribution in [0.5, 0.6) is 0 Å². The smallest absolute Gasteiger partial charge is 0.429 e. The Morgan fingerprint density at radius 3 is 2.18 bits per heavy atom. The first-order valence-corrected chi connectivity index (χ1v) is 12.8. The topological polar surface area (TPSA) is 123 Å². The van der Waals surface area contributed by atoms with Gasteiger partial charge in [0.05, 0.1) is 6.54 Å². The van der Waals surface area contributed by atoms with E-state index in [4.69, 9.17) is 4.74 Å². The molecule has 0 fully saturated rings. The van der Waals surface area contributed by atoms with Gasteiger partial charge >= 0.3 is 12.1 Å². The maximum absolute atomic E-state index is 13.3. The zero-order valence-corrected chi connectivity index (χ0v) is 23.4. The Labute approximate surface area is 228 Å². The molecule has 2 N–H and O–H groups in total. The maximum atomic E-state index is 13.3. The molecule has 11 heteroatoms. The number of aryl methyl sites for hydroxylation is 1. The number of carbonyl (C=O) groups excluding carboxylic acids is 3. The highest BCUT2D eigenvalue weighted by Gasteiger charge is 2.28. The summed E-state index contributed by atoms with van der Waals surface area (Å²) in [5, 5.41) is 14.1. The van der Waals surface area contributed by atoms with Gasteiger partial charge in [0, 0.05) is 37.9 Å². The van der Waals surface area contributed by atoms with Crippen molar-refractivity contribution in [3.05, 3.63) is 64.7 Å². The number of carboxylic acid groups (broad SMARTS) is 1. The molecule has 0 atom stereocenters. The van der Waals surface area contributed by atoms with Gasteiger partial charge in [0.25, 0.3) is 11.8 Å². The van der Waals surface area contributed by atoms with Gasteiger partial charge < -0.3 is 14.7 Å². The van der Waals surface area contributed by atoms with Crippen LogP contribution < -0.4 is 10.3 Å². The normalized spacial score (nSPS) is 12.9. The van der Waals surface area contributed by atoms with Gasteiger partial charge in [0.1, 0.15) is 12.1 Å². The molecule has 0 aromatic heterocycles. The molecule has 0 bridgehead atoms. The molecule has 0 radical (unpaired) electrons. The van der Waals surface area contributed by atoms with Crippen LogP contribution in [0.25, 0.3) is 0 Å². The highest BCUT2D eigenvalue weighted by molar-refractivity contribution is 5.96. The number of rotatable bonds is 8. The summed E-state index contributed by atoms with van der Waals surface area (Å²) < 4.78 is 5.33. The number of aliphatic carboxylic acids is 1. The van der Waals surface area contributed by atoms with Crippen molar-refractivity contribution in [1.82, 2.24) is 20.5 Å². The van der Waals surface area contributed by atoms with Crippen molar-refractivity contribution >= 4 is 29.6 Å². The molecule has 2 aromatic rings. The van der Waals surface area contributed by atoms with Gasteiger partial charge in [-0.25, -0.2) is 14.8 Å². The monoisotopic (exact) mass is 539 g/mol. The van der Waals surface area contributed by atoms with E-state index < -0.39 is 30.1 Å². The molecule has 2 aromatic carbocycles. The lowest BCUT2D eigenvalue weighted by atomic mass is 10.1. The summed E-state index contributed by atoms with van der Waals surface area (Å²) >= 11 is 0. The average Bonchev–Trinajstić information content (AvgIpc) is 3.29. The molecule has 3 amide bonds. The molecule has 0 aliphatic carbocycles. The van der Waals surface area contributed by atoms with Crippen LogP contribution in [-0.2, 0) is 27.4 Å². The Kier molecular flexibility index (Phi) is 9.18. The van der Waals surface area contributed by atoms with Crippen LogP contribution in [0.4, 0.5) is 10.5 Å². The van der Waals surface area contributed by atoms with Crippen molar-refractivity contribution < 1.29 is 29.0 Å². The van der Waals surface area contributed by atoms with Crippen LogP contribution in [-0.4, -0.2) is 76.3 Å². The number of carbonyl (C=O) groups is 4. The fourth-order valence-corrected chi connectivity index (χ4v) is 4.19. The van der Waals surface area contributed by atoms with Gasteiger partial charge in [-0.3, -0.25) is 24.8 Å². The van der Waals surface area contributed by atoms with Crippen molar-refractivity contribution in [2.45, 2.75) is 53.3 Å². The zero-order valence-electron chi connectivity index (χ0n) is 23.4. The van der Waals surface area contributed by atoms with Crippen LogP contribution in [0.3, 0.4) is 0 Å². The van der Waals surface area contributed by atoms with Crippen molar-refractivity contribution in [3.63, 3.8) is 0 Å². The molecule has 0 unspecified atom stereocenters. The fourth-order valence-electron chi connectivity index (χ4n) is 4.19. The highest BCUT2D eigenvalue weighted by Crippen LogP contribution is 2.25. The molecule has 210 valence electrons. The number of fused-ring (bicyclic) bond motifs is 1. The summed E-state index contributed by atoms with van der Waals surface area (Å²) in [6.07, 6.45) is -0.698. The van der Waals surface area contributed by atoms with Crippen molar-refractivity contribution in [3.8, 4) is 0 Å². The first-order valence-electron chi connectivity index (χ1n) is 12.8. The number of ether oxygens (including phenoxy) is 1. The number of amides is 3. The standard InChI is InChI=1S/C28H37N5O6/c1-7-33(27(38)39-28(3,4)5)29-26(37)20-13-12-19(2)23(14-20)31(18-25(35)36)17-24(34)30(6)32-15-21-10-8-9-11-22(21)16-32/h8-14H,7,15-18H2,1-6H3,(H,29,37)(H,35,36). The summed E-state index contributed by atoms with van der Waals surface area (Å²) in [6, 6.07) is 12.7. The molecule has 0 saturated heterocycles. The number of hydrazine groups is 2. The Balaban J connectivity index is 1.77. The van der Waals surface area contributed by atoms with Crippen LogP contribution in [0.2, 0.25) is 0 Å². The first kappa shape index (κ1) is 29.4. The van der Waals surface area contributed by atoms with Crippen molar-refractivity contribution in [2.24, 2.45) is 0 Å². The zero-order chi connectivity index (χ0) is 28.9. The Morgan fingerprint density at radius 2 is 1.64 bits per heavy atom. The Morgan fingerprint density at radius 1 is 1.03 bits per heavy atom. The molecule has 1 heterocycles. The van der Waals surface area contributed by atoms with E-state index in [1.807, 2.05) is 29.3 Å². The van der Waals surface area contributed by atoms with E-state index in [9.17, 15) is 24.3 Å². The quantitative estimate of drug-likeness (QED) is 0.491. The third-order valence-corrected chi connectivity index (χ3v) is 6.24. The number of anilines is 1. The third-order valence-electron chi connectivity index (χ3n) is 6.24. The number of hydrogen-bond donors (Lipinski definition) is 2. The minimum atomic E-state index is -1.12. The van der Waals surface area contributed by atoms with Crippen molar-refractivity contribution in [2.75, 3.05) is 31.6 Å². The molecule has 39 heavy (non-hydrogen) atoms. The molecule has 1 aliphatic rings. The number of nitrogens with one attached hydrogen (secondary N) is 1. The summed E-state index contributed by atoms with van der Waals surface area (Å²) in [7, 11) is 1.67. The molecular formula is C28H37N5O6. The van der Waals surface area contributed by atoms with Gasteiger partial charge in [-0.15, -0.1) is 0 Å². The van der Waals surface area contributed by atoms with Crippen LogP contribution in [0, 0.1) is 6.92 Å². The van der Waals surface area contributed by atoms with E-state index in [2.05, 4.69) is 5.43 Å². The minimum absolute atomic E-state index is 0.172. The number of hydrogen-bond acceptors (Lipinski definition) is 7. The second-order valence-corrected chi connectivity index (χ2v) is 10.4. The largest absolute Gasteiger partial charge is 0.480 e. The number of nitrogens with zero attached hydrogens (tertiary/aromatic N) is 4. The minimum Gasteiger partial charge on any atom is -0.480 e. The van der Waals surface area contributed by atoms with Gasteiger partial charge in [-0.2, -0.15) is 0 Å². The van der Waals surface area contributed by atoms with E-state index in [0.29, 0.717) is 24.3 Å². The summed E-state index contributed by atoms with van der Waals surface area (Å²) in [5.74, 6) is -1.98. The third kappa shape index (κ3) is 7.70. The van der Waals surface area contributed by atoms with E-state index in [1.54, 1.807) is 53.8 Å². The van der Waals surface area contributed by atoms with E-state index in [0.717, 1.165) is 16.1 Å². The molecule has 0 spiro atoms. The number of benzene rings is 2. The summed E-state index contributed by atoms with van der Waals surface area (Å²) in [5.41, 5.74) is 5.40. The Hall–Kier alpha value is -4.12. The van der Waals surface area contributed by atoms with Crippen LogP contribution >= 0.6 is 0 Å². The molecule has 0 saturated carbocycles. The van der Waals surface area contributed by atoms with Crippen LogP contribution in [0.1, 0.15) is 54.7 Å². The maximum Gasteiger partial charge on any atom is 0.429 e. The Bertz CT molecular complexity index is 1220. The van der Waals surface area contributed by atoms with Crippen molar-refractivity contribution in [1.29, 1.82) is 0 Å². The first-order chi connectivity index (χ1) is 18.3. The number of carboxylic acids is 1. The predicted molar refractivity (Wildman–Crippen MR) is 146 cm³/mol. The lowest BCUT2D eigenvalue weighted by Crippen LogP contribution is -2.48. The van der Waals surface area contributed by atoms with Gasteiger partial charge in [-0.05, 0) is 63.4 Å². The lowest BCUT2D eigenvalue weighted by Gasteiger charge is -2.31. The van der Waals surface area contributed by atoms with E-state index in [1.165, 1.54) is 16.0 Å². The molecule has 1 aliphatic heterocycles. The fraction of sp³-hybridized carbons (Fsp3) is 0.429. The van der Waals surface area contributed by atoms with Gasteiger partial charge in [0.15, 0.2) is 0 Å². The van der Waals surface area contributed by atoms with Gasteiger partial charge in [-0.1, -0.05) is 30.3 Å². The second-order valence-electron chi connectivity index (χ2n) is 10.4. The average molecular weight is 540 g/mol. The van der Waals surface area contributed by atoms with E-state index >= 15 is 0 Å². The van der Waals surface area contributed by atoms with Crippen LogP contribution in [0.15, 0.2) is 42.5 Å². The second kappa shape index (κ2) is 12.2. The highest BCUT2D eigenvalue weighted by atomic mass is 16.6. The predicted octanol–water partition coefficient (Wildman–Crippen LogP) is 3.18. The molecule has 3 rings (SSSR count). The van der Waals surface area contributed by atoms with E-state index in [-0.39, 0.29) is 24.6 Å². The number of likely N-dealkylation sites (N-methyl/N-ethyl adjacent to an activating group) is 1. The molecular weight excluding hydrogens is 502 g/mol. The lowest BCUT2D eigenvalue weighted by molar-refractivity contribution is -0.145. The summed E-state index contributed by atoms with van der Waals surface area (Å²) in [4.78, 5) is 51.9. The SMILES string of the molecule is CCN(NC(=O)c1ccc(C)c(N(CC(=O)O)CC(=O)N(C)N2Cc3ccccc3C2)c1)C(=O)OC(C)(C)C.